The third kappa shape index (κ3) is 4.57. The highest BCUT2D eigenvalue weighted by molar-refractivity contribution is 5.89. The molecule has 2 N–H and O–H groups in total. The standard InChI is InChI=1S/C16H19N3O4/c1-16(2,3)23-15(21)19-13-8-10(5-6-17-13)11-7-12(18-9-11)14(20)22-4/h5-9,18H,1-4H3,(H,17,19,21). The fourth-order valence-electron chi connectivity index (χ4n) is 1.88. The van der Waals surface area contributed by atoms with Gasteiger partial charge in [0.15, 0.2) is 0 Å². The maximum absolute atomic E-state index is 11.8. The van der Waals surface area contributed by atoms with Gasteiger partial charge in [0.25, 0.3) is 0 Å². The van der Waals surface area contributed by atoms with Crippen molar-refractivity contribution in [3.63, 3.8) is 0 Å². The van der Waals surface area contributed by atoms with Crippen LogP contribution in [0.1, 0.15) is 31.3 Å². The van der Waals surface area contributed by atoms with Crippen LogP contribution >= 0.6 is 0 Å². The first-order valence-corrected chi connectivity index (χ1v) is 7.01. The summed E-state index contributed by atoms with van der Waals surface area (Å²) in [5, 5.41) is 2.58. The first-order chi connectivity index (χ1) is 10.8. The first-order valence-electron chi connectivity index (χ1n) is 7.01. The normalized spacial score (nSPS) is 11.0. The van der Waals surface area contributed by atoms with Gasteiger partial charge in [0.2, 0.25) is 0 Å². The molecule has 7 heteroatoms. The Morgan fingerprint density at radius 1 is 1.22 bits per heavy atom. The maximum atomic E-state index is 11.8. The van der Waals surface area contributed by atoms with Crippen molar-refractivity contribution in [2.45, 2.75) is 26.4 Å². The summed E-state index contributed by atoms with van der Waals surface area (Å²) in [6.07, 6.45) is 2.66. The van der Waals surface area contributed by atoms with Gasteiger partial charge in [0.1, 0.15) is 17.1 Å². The summed E-state index contributed by atoms with van der Waals surface area (Å²) in [4.78, 5) is 30.1. The average molecular weight is 317 g/mol. The van der Waals surface area contributed by atoms with Gasteiger partial charge in [-0.05, 0) is 44.5 Å². The minimum absolute atomic E-state index is 0.348. The number of esters is 1. The molecule has 7 nitrogen and oxygen atoms in total. The molecule has 0 radical (unpaired) electrons. The monoisotopic (exact) mass is 317 g/mol. The Morgan fingerprint density at radius 3 is 2.61 bits per heavy atom. The van der Waals surface area contributed by atoms with Crippen molar-refractivity contribution < 1.29 is 19.1 Å². The van der Waals surface area contributed by atoms with Crippen LogP contribution in [0.5, 0.6) is 0 Å². The molecule has 0 unspecified atom stereocenters. The van der Waals surface area contributed by atoms with E-state index in [1.54, 1.807) is 51.4 Å². The van der Waals surface area contributed by atoms with Crippen molar-refractivity contribution in [1.29, 1.82) is 0 Å². The van der Waals surface area contributed by atoms with E-state index in [-0.39, 0.29) is 0 Å². The molecule has 2 aromatic heterocycles. The van der Waals surface area contributed by atoms with Gasteiger partial charge in [-0.1, -0.05) is 0 Å². The zero-order valence-corrected chi connectivity index (χ0v) is 13.5. The van der Waals surface area contributed by atoms with Gasteiger partial charge < -0.3 is 14.5 Å². The summed E-state index contributed by atoms with van der Waals surface area (Å²) < 4.78 is 9.83. The smallest absolute Gasteiger partial charge is 0.413 e. The van der Waals surface area contributed by atoms with Crippen LogP contribution in [-0.2, 0) is 9.47 Å². The molecule has 2 rings (SSSR count). The van der Waals surface area contributed by atoms with E-state index < -0.39 is 17.7 Å². The molecule has 0 aromatic carbocycles. The molecule has 0 aliphatic rings. The van der Waals surface area contributed by atoms with Crippen LogP contribution < -0.4 is 5.32 Å². The average Bonchev–Trinajstić information content (AvgIpc) is 2.94. The van der Waals surface area contributed by atoms with Crippen LogP contribution in [-0.4, -0.2) is 34.7 Å². The third-order valence-corrected chi connectivity index (χ3v) is 2.81. The lowest BCUT2D eigenvalue weighted by Crippen LogP contribution is -2.27. The molecule has 0 atom stereocenters. The molecule has 2 aromatic rings. The number of hydrogen-bond donors (Lipinski definition) is 2. The van der Waals surface area contributed by atoms with E-state index in [1.807, 2.05) is 0 Å². The number of rotatable bonds is 3. The predicted octanol–water partition coefficient (Wildman–Crippen LogP) is 3.21. The van der Waals surface area contributed by atoms with Gasteiger partial charge in [-0.2, -0.15) is 0 Å². The molecule has 0 saturated heterocycles. The second-order valence-corrected chi connectivity index (χ2v) is 5.85. The Kier molecular flexibility index (Phi) is 4.68. The number of carbonyl (C=O) groups is 2. The van der Waals surface area contributed by atoms with Crippen LogP contribution in [0.3, 0.4) is 0 Å². The molecule has 0 spiro atoms. The molecule has 2 heterocycles. The lowest BCUT2D eigenvalue weighted by molar-refractivity contribution is 0.0592. The second-order valence-electron chi connectivity index (χ2n) is 5.85. The van der Waals surface area contributed by atoms with E-state index in [1.165, 1.54) is 7.11 Å². The largest absolute Gasteiger partial charge is 0.464 e. The number of methoxy groups -OCH3 is 1. The minimum atomic E-state index is -0.586. The quantitative estimate of drug-likeness (QED) is 0.848. The molecule has 23 heavy (non-hydrogen) atoms. The van der Waals surface area contributed by atoms with Crippen LogP contribution in [0, 0.1) is 0 Å². The van der Waals surface area contributed by atoms with E-state index >= 15 is 0 Å². The number of H-pyrrole nitrogens is 1. The number of aromatic amines is 1. The summed E-state index contributed by atoms with van der Waals surface area (Å²) in [6, 6.07) is 5.12. The first kappa shape index (κ1) is 16.5. The van der Waals surface area contributed by atoms with Crippen molar-refractivity contribution in [2.24, 2.45) is 0 Å². The van der Waals surface area contributed by atoms with E-state index in [4.69, 9.17) is 4.74 Å². The molecule has 122 valence electrons. The van der Waals surface area contributed by atoms with Crippen molar-refractivity contribution in [3.8, 4) is 11.1 Å². The molecular weight excluding hydrogens is 298 g/mol. The number of pyridine rings is 1. The van der Waals surface area contributed by atoms with Crippen molar-refractivity contribution in [2.75, 3.05) is 12.4 Å². The number of nitrogens with one attached hydrogen (secondary N) is 2. The van der Waals surface area contributed by atoms with E-state index in [2.05, 4.69) is 20.0 Å². The molecule has 0 saturated carbocycles. The highest BCUT2D eigenvalue weighted by Gasteiger charge is 2.17. The van der Waals surface area contributed by atoms with E-state index in [0.29, 0.717) is 11.5 Å². The van der Waals surface area contributed by atoms with Crippen LogP contribution in [0.2, 0.25) is 0 Å². The molecule has 0 aliphatic carbocycles. The van der Waals surface area contributed by atoms with Gasteiger partial charge >= 0.3 is 12.1 Å². The Balaban J connectivity index is 2.15. The molecular formula is C16H19N3O4. The van der Waals surface area contributed by atoms with Crippen molar-refractivity contribution in [3.05, 3.63) is 36.3 Å². The number of ether oxygens (including phenoxy) is 2. The maximum Gasteiger partial charge on any atom is 0.413 e. The number of hydrogen-bond acceptors (Lipinski definition) is 5. The van der Waals surface area contributed by atoms with Crippen molar-refractivity contribution >= 4 is 17.9 Å². The van der Waals surface area contributed by atoms with Gasteiger partial charge in [0.05, 0.1) is 7.11 Å². The molecule has 1 amide bonds. The summed E-state index contributed by atoms with van der Waals surface area (Å²) in [5.74, 6) is -0.0880. The summed E-state index contributed by atoms with van der Waals surface area (Å²) >= 11 is 0. The highest BCUT2D eigenvalue weighted by atomic mass is 16.6. The Bertz CT molecular complexity index is 716. The zero-order chi connectivity index (χ0) is 17.0. The fraction of sp³-hybridized carbons (Fsp3) is 0.312. The highest BCUT2D eigenvalue weighted by Crippen LogP contribution is 2.22. The Hall–Kier alpha value is -2.83. The number of aromatic nitrogens is 2. The van der Waals surface area contributed by atoms with Crippen LogP contribution in [0.4, 0.5) is 10.6 Å². The van der Waals surface area contributed by atoms with Gasteiger partial charge in [-0.3, -0.25) is 5.32 Å². The number of anilines is 1. The SMILES string of the molecule is COC(=O)c1cc(-c2ccnc(NC(=O)OC(C)(C)C)c2)c[nH]1. The van der Waals surface area contributed by atoms with Crippen LogP contribution in [0.15, 0.2) is 30.6 Å². The zero-order valence-electron chi connectivity index (χ0n) is 13.5. The summed E-state index contributed by atoms with van der Waals surface area (Å²) in [5.41, 5.74) is 1.33. The number of carbonyl (C=O) groups excluding carboxylic acids is 2. The minimum Gasteiger partial charge on any atom is -0.464 e. The topological polar surface area (TPSA) is 93.3 Å². The number of amides is 1. The second kappa shape index (κ2) is 6.51. The number of nitrogens with zero attached hydrogens (tertiary/aromatic N) is 1. The molecule has 0 bridgehead atoms. The lowest BCUT2D eigenvalue weighted by atomic mass is 10.1. The molecule has 0 fully saturated rings. The summed E-state index contributed by atoms with van der Waals surface area (Å²) in [7, 11) is 1.32. The fourth-order valence-corrected chi connectivity index (χ4v) is 1.88. The van der Waals surface area contributed by atoms with Gasteiger partial charge in [-0.15, -0.1) is 0 Å². The molecule has 0 aliphatic heterocycles. The van der Waals surface area contributed by atoms with Crippen LogP contribution in [0.25, 0.3) is 11.1 Å². The van der Waals surface area contributed by atoms with Crippen molar-refractivity contribution in [1.82, 2.24) is 9.97 Å². The van der Waals surface area contributed by atoms with Gasteiger partial charge in [0, 0.05) is 18.0 Å². The summed E-state index contributed by atoms with van der Waals surface area (Å²) in [6.45, 7) is 5.35. The Morgan fingerprint density at radius 2 is 1.96 bits per heavy atom. The van der Waals surface area contributed by atoms with E-state index in [0.717, 1.165) is 11.1 Å². The van der Waals surface area contributed by atoms with E-state index in [9.17, 15) is 9.59 Å². The third-order valence-electron chi connectivity index (χ3n) is 2.81. The van der Waals surface area contributed by atoms with Gasteiger partial charge in [-0.25, -0.2) is 14.6 Å². The lowest BCUT2D eigenvalue weighted by Gasteiger charge is -2.19. The Labute approximate surface area is 134 Å². The predicted molar refractivity (Wildman–Crippen MR) is 85.2 cm³/mol.